The van der Waals surface area contributed by atoms with Crippen molar-refractivity contribution < 1.29 is 26.4 Å². The first-order valence-corrected chi connectivity index (χ1v) is 6.27. The lowest BCUT2D eigenvalue weighted by Crippen LogP contribution is -2.15. The molecule has 3 nitrogen and oxygen atoms in total. The molecule has 1 aromatic carbocycles. The van der Waals surface area contributed by atoms with E-state index in [0.29, 0.717) is 12.4 Å². The number of carbonyl (C=O) groups is 1. The van der Waals surface area contributed by atoms with Crippen molar-refractivity contribution in [1.82, 2.24) is 0 Å². The summed E-state index contributed by atoms with van der Waals surface area (Å²) in [6.07, 6.45) is -4.70. The number of halogens is 3. The molecule has 0 aliphatic carbocycles. The molecule has 94 valence electrons. The highest BCUT2D eigenvalue weighted by atomic mass is 32.2. The first-order valence-electron chi connectivity index (χ1n) is 4.61. The Morgan fingerprint density at radius 2 is 1.76 bits per heavy atom. The smallest absolute Gasteiger partial charge is 0.303 e. The van der Waals surface area contributed by atoms with Gasteiger partial charge in [0.1, 0.15) is 6.29 Å². The van der Waals surface area contributed by atoms with Crippen LogP contribution in [0.4, 0.5) is 13.2 Å². The van der Waals surface area contributed by atoms with E-state index in [1.54, 1.807) is 0 Å². The highest BCUT2D eigenvalue weighted by Crippen LogP contribution is 2.34. The third-order valence-electron chi connectivity index (χ3n) is 2.03. The molecule has 17 heavy (non-hydrogen) atoms. The van der Waals surface area contributed by atoms with Crippen LogP contribution in [0.3, 0.4) is 0 Å². The van der Waals surface area contributed by atoms with E-state index >= 15 is 0 Å². The zero-order valence-corrected chi connectivity index (χ0v) is 9.38. The maximum atomic E-state index is 12.6. The Morgan fingerprint density at radius 1 is 1.18 bits per heavy atom. The average Bonchev–Trinajstić information content (AvgIpc) is 2.25. The molecule has 0 spiro atoms. The summed E-state index contributed by atoms with van der Waals surface area (Å²) in [7, 11) is -4.09. The number of alkyl halides is 3. The third-order valence-corrected chi connectivity index (χ3v) is 3.83. The van der Waals surface area contributed by atoms with E-state index in [2.05, 4.69) is 0 Å². The summed E-state index contributed by atoms with van der Waals surface area (Å²) >= 11 is 0. The first kappa shape index (κ1) is 13.7. The van der Waals surface area contributed by atoms with E-state index in [0.717, 1.165) is 12.1 Å². The Kier molecular flexibility index (Phi) is 3.92. The van der Waals surface area contributed by atoms with Gasteiger partial charge >= 0.3 is 6.18 Å². The SMILES string of the molecule is O=CCCS(=O)(=O)c1ccccc1C(F)(F)F. The van der Waals surface area contributed by atoms with Crippen LogP contribution in [0.1, 0.15) is 12.0 Å². The predicted octanol–water partition coefficient (Wildman–Crippen LogP) is 2.07. The molecule has 7 heteroatoms. The van der Waals surface area contributed by atoms with E-state index < -0.39 is 32.2 Å². The van der Waals surface area contributed by atoms with E-state index in [-0.39, 0.29) is 6.42 Å². The van der Waals surface area contributed by atoms with Crippen molar-refractivity contribution in [3.63, 3.8) is 0 Å². The molecule has 0 atom stereocenters. The molecule has 0 aliphatic rings. The summed E-state index contributed by atoms with van der Waals surface area (Å²) < 4.78 is 60.9. The maximum Gasteiger partial charge on any atom is 0.417 e. The van der Waals surface area contributed by atoms with Crippen LogP contribution in [0.5, 0.6) is 0 Å². The minimum Gasteiger partial charge on any atom is -0.303 e. The maximum absolute atomic E-state index is 12.6. The second-order valence-corrected chi connectivity index (χ2v) is 5.35. The van der Waals surface area contributed by atoms with E-state index in [1.807, 2.05) is 0 Å². The monoisotopic (exact) mass is 266 g/mol. The lowest BCUT2D eigenvalue weighted by atomic mass is 10.2. The van der Waals surface area contributed by atoms with Crippen molar-refractivity contribution in [2.45, 2.75) is 17.5 Å². The van der Waals surface area contributed by atoms with Crippen LogP contribution >= 0.6 is 0 Å². The highest BCUT2D eigenvalue weighted by molar-refractivity contribution is 7.91. The summed E-state index contributed by atoms with van der Waals surface area (Å²) in [4.78, 5) is 9.30. The van der Waals surface area contributed by atoms with Crippen molar-refractivity contribution in [2.24, 2.45) is 0 Å². The van der Waals surface area contributed by atoms with Crippen molar-refractivity contribution in [2.75, 3.05) is 5.75 Å². The summed E-state index contributed by atoms with van der Waals surface area (Å²) in [5.74, 6) is -0.621. The Hall–Kier alpha value is -1.37. The van der Waals surface area contributed by atoms with Gasteiger partial charge in [0, 0.05) is 6.42 Å². The van der Waals surface area contributed by atoms with Crippen LogP contribution in [0.15, 0.2) is 29.2 Å². The second-order valence-electron chi connectivity index (χ2n) is 3.27. The van der Waals surface area contributed by atoms with Gasteiger partial charge in [0.05, 0.1) is 16.2 Å². The molecule has 0 amide bonds. The quantitative estimate of drug-likeness (QED) is 0.784. The lowest BCUT2D eigenvalue weighted by molar-refractivity contribution is -0.139. The highest BCUT2D eigenvalue weighted by Gasteiger charge is 2.36. The molecule has 1 aromatic rings. The number of hydrogen-bond donors (Lipinski definition) is 0. The van der Waals surface area contributed by atoms with Gasteiger partial charge < -0.3 is 4.79 Å². The molecule has 0 aromatic heterocycles. The summed E-state index contributed by atoms with van der Waals surface area (Å²) in [6, 6.07) is 3.92. The fraction of sp³-hybridized carbons (Fsp3) is 0.300. The van der Waals surface area contributed by atoms with Gasteiger partial charge in [-0.25, -0.2) is 8.42 Å². The standard InChI is InChI=1S/C10H9F3O3S/c11-10(12,13)8-4-1-2-5-9(8)17(15,16)7-3-6-14/h1-2,4-6H,3,7H2. The zero-order chi connectivity index (χ0) is 13.1. The third kappa shape index (κ3) is 3.29. The molecule has 0 bridgehead atoms. The molecule has 0 heterocycles. The summed E-state index contributed by atoms with van der Waals surface area (Å²) in [5, 5.41) is 0. The largest absolute Gasteiger partial charge is 0.417 e. The minimum absolute atomic E-state index is 0.325. The number of carbonyl (C=O) groups excluding carboxylic acids is 1. The van der Waals surface area contributed by atoms with Crippen molar-refractivity contribution in [3.05, 3.63) is 29.8 Å². The Labute approximate surface area is 96.2 Å². The van der Waals surface area contributed by atoms with Gasteiger partial charge in [-0.15, -0.1) is 0 Å². The molecule has 0 fully saturated rings. The molecule has 0 saturated carbocycles. The van der Waals surface area contributed by atoms with Crippen molar-refractivity contribution in [1.29, 1.82) is 0 Å². The molecular weight excluding hydrogens is 257 g/mol. The van der Waals surface area contributed by atoms with Crippen LogP contribution in [0, 0.1) is 0 Å². The molecular formula is C10H9F3O3S. The van der Waals surface area contributed by atoms with Gasteiger partial charge in [0.2, 0.25) is 0 Å². The summed E-state index contributed by atoms with van der Waals surface area (Å²) in [5.41, 5.74) is -1.20. The normalized spacial score (nSPS) is 12.4. The fourth-order valence-corrected chi connectivity index (χ4v) is 2.72. The van der Waals surface area contributed by atoms with Gasteiger partial charge in [-0.2, -0.15) is 13.2 Å². The van der Waals surface area contributed by atoms with E-state index in [9.17, 15) is 26.4 Å². The van der Waals surface area contributed by atoms with Crippen LogP contribution in [-0.4, -0.2) is 20.5 Å². The van der Waals surface area contributed by atoms with Crippen LogP contribution < -0.4 is 0 Å². The van der Waals surface area contributed by atoms with Crippen molar-refractivity contribution in [3.8, 4) is 0 Å². The number of rotatable bonds is 4. The zero-order valence-electron chi connectivity index (χ0n) is 8.57. The molecule has 0 radical (unpaired) electrons. The Morgan fingerprint density at radius 3 is 2.29 bits per heavy atom. The molecule has 0 unspecified atom stereocenters. The lowest BCUT2D eigenvalue weighted by Gasteiger charge is -2.12. The van der Waals surface area contributed by atoms with Crippen LogP contribution in [0.25, 0.3) is 0 Å². The van der Waals surface area contributed by atoms with Gasteiger partial charge in [-0.05, 0) is 12.1 Å². The molecule has 0 N–H and O–H groups in total. The summed E-state index contributed by atoms with van der Waals surface area (Å²) in [6.45, 7) is 0. The van der Waals surface area contributed by atoms with Crippen LogP contribution in [0.2, 0.25) is 0 Å². The second kappa shape index (κ2) is 4.87. The number of benzene rings is 1. The first-order chi connectivity index (χ1) is 7.79. The van der Waals surface area contributed by atoms with E-state index in [4.69, 9.17) is 0 Å². The number of hydrogen-bond acceptors (Lipinski definition) is 3. The van der Waals surface area contributed by atoms with Gasteiger partial charge in [0.25, 0.3) is 0 Å². The fourth-order valence-electron chi connectivity index (χ4n) is 1.29. The van der Waals surface area contributed by atoms with Crippen LogP contribution in [-0.2, 0) is 20.8 Å². The van der Waals surface area contributed by atoms with Gasteiger partial charge in [0.15, 0.2) is 9.84 Å². The Balaban J connectivity index is 3.27. The minimum atomic E-state index is -4.73. The average molecular weight is 266 g/mol. The van der Waals surface area contributed by atoms with Crippen molar-refractivity contribution >= 4 is 16.1 Å². The number of sulfone groups is 1. The number of aldehydes is 1. The van der Waals surface area contributed by atoms with E-state index in [1.165, 1.54) is 6.07 Å². The van der Waals surface area contributed by atoms with Gasteiger partial charge in [-0.3, -0.25) is 0 Å². The topological polar surface area (TPSA) is 51.2 Å². The molecule has 0 aliphatic heterocycles. The predicted molar refractivity (Wildman–Crippen MR) is 54.2 cm³/mol. The Bertz CT molecular complexity index is 506. The molecule has 1 rings (SSSR count). The molecule has 0 saturated heterocycles. The van der Waals surface area contributed by atoms with Gasteiger partial charge in [-0.1, -0.05) is 12.1 Å².